The first-order valence-electron chi connectivity index (χ1n) is 9.74. The summed E-state index contributed by atoms with van der Waals surface area (Å²) >= 11 is 0. The molecule has 0 radical (unpaired) electrons. The summed E-state index contributed by atoms with van der Waals surface area (Å²) in [6.07, 6.45) is 8.26. The highest BCUT2D eigenvalue weighted by Crippen LogP contribution is 2.33. The van der Waals surface area contributed by atoms with Gasteiger partial charge in [-0.2, -0.15) is 0 Å². The molecule has 0 saturated carbocycles. The molecule has 1 aliphatic rings. The molecular formula is C22H23N5O2. The van der Waals surface area contributed by atoms with Crippen molar-refractivity contribution in [3.05, 3.63) is 71.7 Å². The van der Waals surface area contributed by atoms with Gasteiger partial charge in [0.25, 0.3) is 5.91 Å². The maximum atomic E-state index is 12.9. The van der Waals surface area contributed by atoms with E-state index in [9.17, 15) is 4.79 Å². The molecule has 1 aliphatic heterocycles. The maximum Gasteiger partial charge on any atom is 0.274 e. The number of amides is 1. The molecule has 7 heteroatoms. The SMILES string of the molecule is Cc1cnc(C(=O)N2CCC[C@@H](c3nccnc3Oc3ccccc3C)C2)cn1. The number of benzene rings is 1. The van der Waals surface area contributed by atoms with Crippen molar-refractivity contribution >= 4 is 5.91 Å². The van der Waals surface area contributed by atoms with E-state index in [4.69, 9.17) is 4.74 Å². The van der Waals surface area contributed by atoms with Gasteiger partial charge in [-0.15, -0.1) is 0 Å². The first-order valence-corrected chi connectivity index (χ1v) is 9.74. The number of hydrogen-bond acceptors (Lipinski definition) is 6. The van der Waals surface area contributed by atoms with Crippen LogP contribution >= 0.6 is 0 Å². The third-order valence-corrected chi connectivity index (χ3v) is 5.09. The Morgan fingerprint density at radius 2 is 1.90 bits per heavy atom. The van der Waals surface area contributed by atoms with Crippen LogP contribution in [-0.4, -0.2) is 43.8 Å². The minimum absolute atomic E-state index is 0.0545. The van der Waals surface area contributed by atoms with E-state index in [0.29, 0.717) is 24.7 Å². The molecule has 0 N–H and O–H groups in total. The Kier molecular flexibility index (Phi) is 5.46. The summed E-state index contributed by atoms with van der Waals surface area (Å²) in [5.41, 5.74) is 2.97. The van der Waals surface area contributed by atoms with E-state index in [1.54, 1.807) is 18.6 Å². The molecule has 0 bridgehead atoms. The van der Waals surface area contributed by atoms with Crippen molar-refractivity contribution in [2.24, 2.45) is 0 Å². The lowest BCUT2D eigenvalue weighted by molar-refractivity contribution is 0.0698. The molecule has 1 saturated heterocycles. The van der Waals surface area contributed by atoms with Crippen molar-refractivity contribution in [1.82, 2.24) is 24.8 Å². The lowest BCUT2D eigenvalue weighted by Crippen LogP contribution is -2.39. The fourth-order valence-electron chi connectivity index (χ4n) is 3.52. The van der Waals surface area contributed by atoms with E-state index in [1.807, 2.05) is 43.0 Å². The number of hydrogen-bond donors (Lipinski definition) is 0. The van der Waals surface area contributed by atoms with Crippen LogP contribution in [0.1, 0.15) is 46.2 Å². The maximum absolute atomic E-state index is 12.9. The molecule has 1 fully saturated rings. The Hall–Kier alpha value is -3.35. The van der Waals surface area contributed by atoms with E-state index in [1.165, 1.54) is 6.20 Å². The number of ether oxygens (including phenoxy) is 1. The molecule has 7 nitrogen and oxygen atoms in total. The van der Waals surface area contributed by atoms with Crippen molar-refractivity contribution in [3.8, 4) is 11.6 Å². The number of piperidine rings is 1. The average Bonchev–Trinajstić information content (AvgIpc) is 2.76. The quantitative estimate of drug-likeness (QED) is 0.677. The van der Waals surface area contributed by atoms with Gasteiger partial charge in [0.15, 0.2) is 0 Å². The van der Waals surface area contributed by atoms with Crippen molar-refractivity contribution in [3.63, 3.8) is 0 Å². The summed E-state index contributed by atoms with van der Waals surface area (Å²) in [4.78, 5) is 32.1. The molecule has 4 rings (SSSR count). The number of carbonyl (C=O) groups is 1. The van der Waals surface area contributed by atoms with Gasteiger partial charge in [-0.1, -0.05) is 18.2 Å². The highest BCUT2D eigenvalue weighted by Gasteiger charge is 2.29. The number of nitrogens with zero attached hydrogens (tertiary/aromatic N) is 5. The fourth-order valence-corrected chi connectivity index (χ4v) is 3.52. The number of likely N-dealkylation sites (tertiary alicyclic amines) is 1. The van der Waals surface area contributed by atoms with E-state index in [0.717, 1.165) is 35.5 Å². The smallest absolute Gasteiger partial charge is 0.274 e. The Morgan fingerprint density at radius 1 is 1.07 bits per heavy atom. The average molecular weight is 389 g/mol. The monoisotopic (exact) mass is 389 g/mol. The Bertz CT molecular complexity index is 1010. The number of rotatable bonds is 4. The topological polar surface area (TPSA) is 81.1 Å². The van der Waals surface area contributed by atoms with E-state index >= 15 is 0 Å². The van der Waals surface area contributed by atoms with Gasteiger partial charge in [0.05, 0.1) is 11.9 Å². The molecule has 0 spiro atoms. The zero-order valence-electron chi connectivity index (χ0n) is 16.6. The predicted molar refractivity (Wildman–Crippen MR) is 108 cm³/mol. The van der Waals surface area contributed by atoms with Gasteiger partial charge in [-0.25, -0.2) is 9.97 Å². The standard InChI is InChI=1S/C22H23N5O2/c1-15-6-3-4-8-19(15)29-21-20(23-9-10-24-21)17-7-5-11-27(14-17)22(28)18-13-25-16(2)12-26-18/h3-4,6,8-10,12-13,17H,5,7,11,14H2,1-2H3/t17-/m1/s1. The van der Waals surface area contributed by atoms with Crippen LogP contribution < -0.4 is 4.74 Å². The Labute approximate surface area is 169 Å². The molecular weight excluding hydrogens is 366 g/mol. The summed E-state index contributed by atoms with van der Waals surface area (Å²) in [6.45, 7) is 5.09. The second-order valence-electron chi connectivity index (χ2n) is 7.25. The van der Waals surface area contributed by atoms with Gasteiger partial charge in [0.1, 0.15) is 17.1 Å². The lowest BCUT2D eigenvalue weighted by Gasteiger charge is -2.32. The van der Waals surface area contributed by atoms with Gasteiger partial charge in [0, 0.05) is 37.6 Å². The summed E-state index contributed by atoms with van der Waals surface area (Å²) < 4.78 is 6.09. The van der Waals surface area contributed by atoms with Crippen molar-refractivity contribution in [1.29, 1.82) is 0 Å². The summed E-state index contributed by atoms with van der Waals surface area (Å²) in [5.74, 6) is 1.20. The fraction of sp³-hybridized carbons (Fsp3) is 0.318. The van der Waals surface area contributed by atoms with Crippen molar-refractivity contribution in [2.75, 3.05) is 13.1 Å². The van der Waals surface area contributed by atoms with Gasteiger partial charge < -0.3 is 9.64 Å². The van der Waals surface area contributed by atoms with Gasteiger partial charge in [0.2, 0.25) is 5.88 Å². The molecule has 148 valence electrons. The number of aryl methyl sites for hydroxylation is 2. The molecule has 2 aromatic heterocycles. The van der Waals surface area contributed by atoms with Crippen LogP contribution in [-0.2, 0) is 0 Å². The zero-order valence-corrected chi connectivity index (χ0v) is 16.6. The molecule has 1 amide bonds. The van der Waals surface area contributed by atoms with E-state index < -0.39 is 0 Å². The van der Waals surface area contributed by atoms with E-state index in [2.05, 4.69) is 19.9 Å². The Morgan fingerprint density at radius 3 is 2.69 bits per heavy atom. The van der Waals surface area contributed by atoms with Crippen LogP contribution in [0, 0.1) is 13.8 Å². The molecule has 29 heavy (non-hydrogen) atoms. The molecule has 0 aliphatic carbocycles. The summed E-state index contributed by atoms with van der Waals surface area (Å²) in [7, 11) is 0. The summed E-state index contributed by atoms with van der Waals surface area (Å²) in [6, 6.07) is 7.82. The molecule has 3 heterocycles. The van der Waals surface area contributed by atoms with Crippen LogP contribution in [0.4, 0.5) is 0 Å². The summed E-state index contributed by atoms with van der Waals surface area (Å²) in [5, 5.41) is 0. The van der Waals surface area contributed by atoms with Crippen LogP contribution in [0.2, 0.25) is 0 Å². The van der Waals surface area contributed by atoms with Crippen LogP contribution in [0.15, 0.2) is 49.1 Å². The highest BCUT2D eigenvalue weighted by atomic mass is 16.5. The second kappa shape index (κ2) is 8.34. The molecule has 3 aromatic rings. The minimum atomic E-state index is -0.104. The number of aromatic nitrogens is 4. The Balaban J connectivity index is 1.55. The number of para-hydroxylation sites is 1. The van der Waals surface area contributed by atoms with Crippen molar-refractivity contribution < 1.29 is 9.53 Å². The largest absolute Gasteiger partial charge is 0.437 e. The van der Waals surface area contributed by atoms with Gasteiger partial charge in [-0.3, -0.25) is 14.8 Å². The normalized spacial score (nSPS) is 16.5. The van der Waals surface area contributed by atoms with E-state index in [-0.39, 0.29) is 11.8 Å². The van der Waals surface area contributed by atoms with Crippen LogP contribution in [0.5, 0.6) is 11.6 Å². The molecule has 0 unspecified atom stereocenters. The van der Waals surface area contributed by atoms with Crippen LogP contribution in [0.25, 0.3) is 0 Å². The van der Waals surface area contributed by atoms with Crippen LogP contribution in [0.3, 0.4) is 0 Å². The van der Waals surface area contributed by atoms with Gasteiger partial charge in [-0.05, 0) is 38.3 Å². The zero-order chi connectivity index (χ0) is 20.2. The minimum Gasteiger partial charge on any atom is -0.437 e. The third-order valence-electron chi connectivity index (χ3n) is 5.09. The van der Waals surface area contributed by atoms with Gasteiger partial charge >= 0.3 is 0 Å². The van der Waals surface area contributed by atoms with Crippen molar-refractivity contribution in [2.45, 2.75) is 32.6 Å². The molecule has 1 atom stereocenters. The second-order valence-corrected chi connectivity index (χ2v) is 7.25. The third kappa shape index (κ3) is 4.23. The lowest BCUT2D eigenvalue weighted by atomic mass is 9.94. The molecule has 1 aromatic carbocycles. The predicted octanol–water partition coefficient (Wildman–Crippen LogP) is 3.70. The number of carbonyl (C=O) groups excluding carboxylic acids is 1. The highest BCUT2D eigenvalue weighted by molar-refractivity contribution is 5.92. The first-order chi connectivity index (χ1) is 14.1. The first kappa shape index (κ1) is 19.0.